The third-order valence-electron chi connectivity index (χ3n) is 3.73. The Bertz CT molecular complexity index is 535. The van der Waals surface area contributed by atoms with Gasteiger partial charge in [-0.25, -0.2) is 4.79 Å². The van der Waals surface area contributed by atoms with Crippen LogP contribution in [0.15, 0.2) is 28.7 Å². The molecule has 0 aromatic heterocycles. The number of halogens is 1. The van der Waals surface area contributed by atoms with Crippen LogP contribution in [-0.4, -0.2) is 49.6 Å². The minimum absolute atomic E-state index is 0.0721. The zero-order valence-electron chi connectivity index (χ0n) is 12.6. The molecular weight excluding hydrogens is 350 g/mol. The van der Waals surface area contributed by atoms with Gasteiger partial charge < -0.3 is 10.1 Å². The minimum atomic E-state index is -0.491. The highest BCUT2D eigenvalue weighted by molar-refractivity contribution is 9.10. The van der Waals surface area contributed by atoms with Crippen molar-refractivity contribution in [3.63, 3.8) is 0 Å². The molecule has 7 heteroatoms. The summed E-state index contributed by atoms with van der Waals surface area (Å²) in [7, 11) is 1.48. The van der Waals surface area contributed by atoms with Crippen LogP contribution in [0, 0.1) is 0 Å². The average molecular weight is 370 g/mol. The fourth-order valence-electron chi connectivity index (χ4n) is 2.34. The number of imide groups is 1. The van der Waals surface area contributed by atoms with E-state index in [-0.39, 0.29) is 18.1 Å². The van der Waals surface area contributed by atoms with E-state index < -0.39 is 6.03 Å². The standard InChI is InChI=1S/C15H20BrN3O3/c1-10(14(20)18-15(21)17-2)19-7-8-22-13(9-19)11-3-5-12(16)6-4-11/h3-6,10,13H,7-9H2,1-2H3,(H2,17,18,20,21). The molecule has 120 valence electrons. The van der Waals surface area contributed by atoms with Gasteiger partial charge in [0.25, 0.3) is 0 Å². The van der Waals surface area contributed by atoms with Crippen LogP contribution in [0.4, 0.5) is 4.79 Å². The Morgan fingerprint density at radius 3 is 2.68 bits per heavy atom. The Balaban J connectivity index is 1.99. The lowest BCUT2D eigenvalue weighted by Crippen LogP contribution is -2.52. The molecule has 0 saturated carbocycles. The molecule has 0 bridgehead atoms. The van der Waals surface area contributed by atoms with Crippen LogP contribution in [-0.2, 0) is 9.53 Å². The van der Waals surface area contributed by atoms with E-state index in [0.717, 1.165) is 10.0 Å². The fourth-order valence-corrected chi connectivity index (χ4v) is 2.61. The van der Waals surface area contributed by atoms with Gasteiger partial charge in [0.1, 0.15) is 0 Å². The summed E-state index contributed by atoms with van der Waals surface area (Å²) in [6.45, 7) is 3.62. The van der Waals surface area contributed by atoms with E-state index in [4.69, 9.17) is 4.74 Å². The van der Waals surface area contributed by atoms with Crippen molar-refractivity contribution in [1.29, 1.82) is 0 Å². The van der Waals surface area contributed by atoms with Gasteiger partial charge in [0.05, 0.1) is 18.8 Å². The van der Waals surface area contributed by atoms with Crippen molar-refractivity contribution < 1.29 is 14.3 Å². The smallest absolute Gasteiger partial charge is 0.321 e. The summed E-state index contributed by atoms with van der Waals surface area (Å²) >= 11 is 3.41. The number of amides is 3. The number of benzene rings is 1. The van der Waals surface area contributed by atoms with Crippen LogP contribution in [0.2, 0.25) is 0 Å². The molecule has 6 nitrogen and oxygen atoms in total. The monoisotopic (exact) mass is 369 g/mol. The number of hydrogen-bond acceptors (Lipinski definition) is 4. The highest BCUT2D eigenvalue weighted by atomic mass is 79.9. The average Bonchev–Trinajstić information content (AvgIpc) is 2.54. The molecule has 1 aromatic carbocycles. The lowest BCUT2D eigenvalue weighted by Gasteiger charge is -2.36. The minimum Gasteiger partial charge on any atom is -0.371 e. The maximum Gasteiger partial charge on any atom is 0.321 e. The van der Waals surface area contributed by atoms with Crippen molar-refractivity contribution in [3.8, 4) is 0 Å². The first kappa shape index (κ1) is 16.9. The van der Waals surface area contributed by atoms with Gasteiger partial charge in [-0.05, 0) is 24.6 Å². The first-order chi connectivity index (χ1) is 10.5. The summed E-state index contributed by atoms with van der Waals surface area (Å²) < 4.78 is 6.81. The zero-order chi connectivity index (χ0) is 16.1. The van der Waals surface area contributed by atoms with Crippen LogP contribution < -0.4 is 10.6 Å². The third-order valence-corrected chi connectivity index (χ3v) is 4.26. The molecule has 1 saturated heterocycles. The van der Waals surface area contributed by atoms with Crippen LogP contribution in [0.5, 0.6) is 0 Å². The molecule has 2 rings (SSSR count). The van der Waals surface area contributed by atoms with Crippen LogP contribution in [0.3, 0.4) is 0 Å². The van der Waals surface area contributed by atoms with E-state index in [1.807, 2.05) is 29.2 Å². The van der Waals surface area contributed by atoms with Gasteiger partial charge in [-0.3, -0.25) is 15.0 Å². The van der Waals surface area contributed by atoms with Crippen molar-refractivity contribution in [2.45, 2.75) is 19.1 Å². The van der Waals surface area contributed by atoms with Gasteiger partial charge in [-0.1, -0.05) is 28.1 Å². The number of ether oxygens (including phenoxy) is 1. The van der Waals surface area contributed by atoms with Crippen molar-refractivity contribution in [2.75, 3.05) is 26.7 Å². The van der Waals surface area contributed by atoms with Gasteiger partial charge in [-0.2, -0.15) is 0 Å². The van der Waals surface area contributed by atoms with E-state index in [1.165, 1.54) is 7.05 Å². The van der Waals surface area contributed by atoms with Crippen LogP contribution >= 0.6 is 15.9 Å². The van der Waals surface area contributed by atoms with Gasteiger partial charge in [0.2, 0.25) is 5.91 Å². The van der Waals surface area contributed by atoms with Gasteiger partial charge in [0, 0.05) is 24.6 Å². The van der Waals surface area contributed by atoms with E-state index >= 15 is 0 Å². The number of carbonyl (C=O) groups is 2. The Labute approximate surface area is 138 Å². The number of carbonyl (C=O) groups excluding carboxylic acids is 2. The summed E-state index contributed by atoms with van der Waals surface area (Å²) in [4.78, 5) is 25.3. The predicted molar refractivity (Wildman–Crippen MR) is 86.5 cm³/mol. The van der Waals surface area contributed by atoms with E-state index in [0.29, 0.717) is 19.7 Å². The number of nitrogens with zero attached hydrogens (tertiary/aromatic N) is 1. The number of urea groups is 1. The topological polar surface area (TPSA) is 70.7 Å². The lowest BCUT2D eigenvalue weighted by atomic mass is 10.1. The Hall–Kier alpha value is -1.44. The molecule has 1 aliphatic rings. The molecule has 1 aromatic rings. The van der Waals surface area contributed by atoms with Crippen molar-refractivity contribution in [2.24, 2.45) is 0 Å². The van der Waals surface area contributed by atoms with Crippen molar-refractivity contribution in [3.05, 3.63) is 34.3 Å². The highest BCUT2D eigenvalue weighted by Crippen LogP contribution is 2.24. The second-order valence-electron chi connectivity index (χ2n) is 5.15. The van der Waals surface area contributed by atoms with Crippen molar-refractivity contribution in [1.82, 2.24) is 15.5 Å². The number of hydrogen-bond donors (Lipinski definition) is 2. The fraction of sp³-hybridized carbons (Fsp3) is 0.467. The molecule has 3 amide bonds. The van der Waals surface area contributed by atoms with Crippen molar-refractivity contribution >= 4 is 27.9 Å². The SMILES string of the molecule is CNC(=O)NC(=O)C(C)N1CCOC(c2ccc(Br)cc2)C1. The second-order valence-corrected chi connectivity index (χ2v) is 6.07. The molecule has 2 unspecified atom stereocenters. The van der Waals surface area contributed by atoms with Gasteiger partial charge >= 0.3 is 6.03 Å². The lowest BCUT2D eigenvalue weighted by molar-refractivity contribution is -0.128. The predicted octanol–water partition coefficient (Wildman–Crippen LogP) is 1.67. The normalized spacial score (nSPS) is 20.2. The van der Waals surface area contributed by atoms with E-state index in [1.54, 1.807) is 6.92 Å². The largest absolute Gasteiger partial charge is 0.371 e. The Morgan fingerprint density at radius 1 is 1.36 bits per heavy atom. The van der Waals surface area contributed by atoms with Gasteiger partial charge in [0.15, 0.2) is 0 Å². The molecule has 0 radical (unpaired) electrons. The highest BCUT2D eigenvalue weighted by Gasteiger charge is 2.29. The summed E-state index contributed by atoms with van der Waals surface area (Å²) in [5.41, 5.74) is 1.08. The maximum atomic E-state index is 12.0. The quantitative estimate of drug-likeness (QED) is 0.849. The molecule has 1 fully saturated rings. The molecule has 0 spiro atoms. The van der Waals surface area contributed by atoms with E-state index in [2.05, 4.69) is 26.6 Å². The Kier molecular flexibility index (Phi) is 5.93. The zero-order valence-corrected chi connectivity index (χ0v) is 14.2. The van der Waals surface area contributed by atoms with E-state index in [9.17, 15) is 9.59 Å². The molecule has 2 atom stereocenters. The maximum absolute atomic E-state index is 12.0. The summed E-state index contributed by atoms with van der Waals surface area (Å²) in [6, 6.07) is 7.08. The summed E-state index contributed by atoms with van der Waals surface area (Å²) in [5, 5.41) is 4.69. The molecule has 1 heterocycles. The summed E-state index contributed by atoms with van der Waals surface area (Å²) in [6.07, 6.45) is -0.0721. The third kappa shape index (κ3) is 4.28. The van der Waals surface area contributed by atoms with Crippen LogP contribution in [0.1, 0.15) is 18.6 Å². The first-order valence-electron chi connectivity index (χ1n) is 7.15. The molecule has 1 aliphatic heterocycles. The molecule has 22 heavy (non-hydrogen) atoms. The number of morpholine rings is 1. The number of rotatable bonds is 3. The van der Waals surface area contributed by atoms with Gasteiger partial charge in [-0.15, -0.1) is 0 Å². The second kappa shape index (κ2) is 7.71. The molecule has 2 N–H and O–H groups in total. The molecule has 0 aliphatic carbocycles. The summed E-state index contributed by atoms with van der Waals surface area (Å²) in [5.74, 6) is -0.309. The number of nitrogens with one attached hydrogen (secondary N) is 2. The van der Waals surface area contributed by atoms with Crippen LogP contribution in [0.25, 0.3) is 0 Å². The Morgan fingerprint density at radius 2 is 2.05 bits per heavy atom. The first-order valence-corrected chi connectivity index (χ1v) is 7.94. The molecular formula is C15H20BrN3O3.